The molecule has 120 valence electrons. The van der Waals surface area contributed by atoms with Crippen LogP contribution in [-0.2, 0) is 9.53 Å². The summed E-state index contributed by atoms with van der Waals surface area (Å²) in [7, 11) is 1.61. The number of hydrogen-bond donors (Lipinski definition) is 2. The predicted octanol–water partition coefficient (Wildman–Crippen LogP) is 1.98. The summed E-state index contributed by atoms with van der Waals surface area (Å²) in [5.74, 6) is -0.895. The van der Waals surface area contributed by atoms with E-state index in [4.69, 9.17) is 9.84 Å². The van der Waals surface area contributed by atoms with Crippen molar-refractivity contribution in [2.75, 3.05) is 20.1 Å². The number of rotatable bonds is 5. The monoisotopic (exact) mass is 298 g/mol. The molecule has 2 N–H and O–H groups in total. The van der Waals surface area contributed by atoms with Gasteiger partial charge in [-0.15, -0.1) is 0 Å². The summed E-state index contributed by atoms with van der Waals surface area (Å²) in [6, 6.07) is -0.232. The van der Waals surface area contributed by atoms with E-state index < -0.39 is 5.97 Å². The number of carbonyl (C=O) groups is 2. The number of carbonyl (C=O) groups excluding carboxylic acids is 1. The number of carboxylic acid groups (broad SMARTS) is 1. The molecular formula is C15H26N2O4. The number of hydrogen-bond acceptors (Lipinski definition) is 3. The van der Waals surface area contributed by atoms with Crippen molar-refractivity contribution < 1.29 is 19.4 Å². The highest BCUT2D eigenvalue weighted by molar-refractivity contribution is 5.75. The van der Waals surface area contributed by atoms with Gasteiger partial charge in [-0.2, -0.15) is 0 Å². The maximum atomic E-state index is 11.8. The summed E-state index contributed by atoms with van der Waals surface area (Å²) in [6.45, 7) is 0.731. The number of ether oxygens (including phenoxy) is 1. The highest BCUT2D eigenvalue weighted by atomic mass is 16.5. The minimum atomic E-state index is -0.895. The molecule has 0 aromatic rings. The molecule has 6 nitrogen and oxygen atoms in total. The Hall–Kier alpha value is -1.30. The fourth-order valence-electron chi connectivity index (χ4n) is 3.30. The van der Waals surface area contributed by atoms with Crippen LogP contribution in [0.15, 0.2) is 0 Å². The second-order valence-corrected chi connectivity index (χ2v) is 6.27. The third-order valence-corrected chi connectivity index (χ3v) is 4.59. The van der Waals surface area contributed by atoms with Gasteiger partial charge in [0, 0.05) is 20.1 Å². The van der Waals surface area contributed by atoms with Gasteiger partial charge in [-0.3, -0.25) is 4.79 Å². The first-order valence-corrected chi connectivity index (χ1v) is 7.89. The quantitative estimate of drug-likeness (QED) is 0.813. The van der Waals surface area contributed by atoms with Crippen LogP contribution in [0.5, 0.6) is 0 Å². The van der Waals surface area contributed by atoms with Gasteiger partial charge in [-0.1, -0.05) is 19.3 Å². The summed E-state index contributed by atoms with van der Waals surface area (Å²) in [5.41, 5.74) is 0.0723. The van der Waals surface area contributed by atoms with E-state index in [2.05, 4.69) is 5.32 Å². The van der Waals surface area contributed by atoms with Crippen molar-refractivity contribution in [2.24, 2.45) is 0 Å². The van der Waals surface area contributed by atoms with Crippen molar-refractivity contribution in [3.05, 3.63) is 0 Å². The lowest BCUT2D eigenvalue weighted by molar-refractivity contribution is -0.137. The van der Waals surface area contributed by atoms with Gasteiger partial charge in [0.05, 0.1) is 18.1 Å². The van der Waals surface area contributed by atoms with Gasteiger partial charge in [-0.25, -0.2) is 4.79 Å². The molecule has 0 radical (unpaired) electrons. The van der Waals surface area contributed by atoms with Gasteiger partial charge < -0.3 is 20.1 Å². The van der Waals surface area contributed by atoms with Crippen molar-refractivity contribution >= 4 is 12.0 Å². The zero-order chi connectivity index (χ0) is 15.3. The molecule has 1 saturated carbocycles. The van der Waals surface area contributed by atoms with Crippen LogP contribution in [0.1, 0.15) is 51.4 Å². The molecular weight excluding hydrogens is 272 g/mol. The van der Waals surface area contributed by atoms with Crippen LogP contribution < -0.4 is 5.32 Å². The van der Waals surface area contributed by atoms with Crippen molar-refractivity contribution in [1.29, 1.82) is 0 Å². The second-order valence-electron chi connectivity index (χ2n) is 6.27. The van der Waals surface area contributed by atoms with Crippen molar-refractivity contribution in [3.63, 3.8) is 0 Å². The number of nitrogens with zero attached hydrogens (tertiary/aromatic N) is 1. The van der Waals surface area contributed by atoms with E-state index in [1.165, 1.54) is 24.2 Å². The van der Waals surface area contributed by atoms with E-state index in [0.29, 0.717) is 6.54 Å². The molecule has 0 aromatic carbocycles. The Bertz CT molecular complexity index is 380. The van der Waals surface area contributed by atoms with Crippen molar-refractivity contribution in [3.8, 4) is 0 Å². The van der Waals surface area contributed by atoms with Gasteiger partial charge >= 0.3 is 12.0 Å². The van der Waals surface area contributed by atoms with E-state index >= 15 is 0 Å². The molecule has 6 heteroatoms. The zero-order valence-corrected chi connectivity index (χ0v) is 12.8. The lowest BCUT2D eigenvalue weighted by Crippen LogP contribution is -2.42. The smallest absolute Gasteiger partial charge is 0.317 e. The molecule has 1 aliphatic carbocycles. The fraction of sp³-hybridized carbons (Fsp3) is 0.867. The summed E-state index contributed by atoms with van der Waals surface area (Å²) >= 11 is 0. The largest absolute Gasteiger partial charge is 0.481 e. The van der Waals surface area contributed by atoms with Crippen LogP contribution in [0.25, 0.3) is 0 Å². The Morgan fingerprint density at radius 1 is 1.29 bits per heavy atom. The number of nitrogens with one attached hydrogen (secondary N) is 1. The predicted molar refractivity (Wildman–Crippen MR) is 78.2 cm³/mol. The molecule has 21 heavy (non-hydrogen) atoms. The Morgan fingerprint density at radius 3 is 2.67 bits per heavy atom. The average Bonchev–Trinajstić information content (AvgIpc) is 2.85. The number of carboxylic acids is 1. The summed E-state index contributed by atoms with van der Waals surface area (Å²) in [4.78, 5) is 23.7. The van der Waals surface area contributed by atoms with E-state index in [9.17, 15) is 9.59 Å². The van der Waals surface area contributed by atoms with Gasteiger partial charge in [0.2, 0.25) is 0 Å². The SMILES string of the molecule is CN(CCC(=O)O)C(=O)NCC1CCC2(CCCCC2)O1. The highest BCUT2D eigenvalue weighted by Gasteiger charge is 2.40. The maximum Gasteiger partial charge on any atom is 0.317 e. The zero-order valence-electron chi connectivity index (χ0n) is 12.8. The Balaban J connectivity index is 1.69. The number of urea groups is 1. The summed E-state index contributed by atoms with van der Waals surface area (Å²) in [5, 5.41) is 11.4. The van der Waals surface area contributed by atoms with E-state index in [1.54, 1.807) is 7.05 Å². The topological polar surface area (TPSA) is 78.9 Å². The summed E-state index contributed by atoms with van der Waals surface area (Å²) < 4.78 is 6.19. The maximum absolute atomic E-state index is 11.8. The minimum absolute atomic E-state index is 0.0348. The first kappa shape index (κ1) is 16.1. The molecule has 0 aromatic heterocycles. The Labute approximate surface area is 125 Å². The number of aliphatic carboxylic acids is 1. The normalized spacial score (nSPS) is 24.0. The molecule has 1 unspecified atom stereocenters. The molecule has 1 aliphatic heterocycles. The van der Waals surface area contributed by atoms with Gasteiger partial charge in [0.1, 0.15) is 0 Å². The van der Waals surface area contributed by atoms with Crippen molar-refractivity contribution in [2.45, 2.75) is 63.1 Å². The lowest BCUT2D eigenvalue weighted by atomic mass is 9.83. The Morgan fingerprint density at radius 2 is 2.00 bits per heavy atom. The lowest BCUT2D eigenvalue weighted by Gasteiger charge is -2.33. The molecule has 2 amide bonds. The van der Waals surface area contributed by atoms with Crippen LogP contribution in [0.4, 0.5) is 4.79 Å². The van der Waals surface area contributed by atoms with Crippen molar-refractivity contribution in [1.82, 2.24) is 10.2 Å². The molecule has 1 atom stereocenters. The average molecular weight is 298 g/mol. The molecule has 1 spiro atoms. The molecule has 2 aliphatic rings. The minimum Gasteiger partial charge on any atom is -0.481 e. The second kappa shape index (κ2) is 7.11. The van der Waals surface area contributed by atoms with E-state index in [0.717, 1.165) is 25.7 Å². The highest BCUT2D eigenvalue weighted by Crippen LogP contribution is 2.41. The molecule has 1 saturated heterocycles. The molecule has 0 bridgehead atoms. The van der Waals surface area contributed by atoms with E-state index in [-0.39, 0.29) is 30.7 Å². The standard InChI is InChI=1S/C15H26N2O4/c1-17(10-6-13(18)19)14(20)16-11-12-5-9-15(21-12)7-3-2-4-8-15/h12H,2-11H2,1H3,(H,16,20)(H,18,19). The van der Waals surface area contributed by atoms with Crippen LogP contribution in [-0.4, -0.2) is 53.8 Å². The van der Waals surface area contributed by atoms with Gasteiger partial charge in [0.15, 0.2) is 0 Å². The summed E-state index contributed by atoms with van der Waals surface area (Å²) in [6.07, 6.45) is 8.26. The van der Waals surface area contributed by atoms with E-state index in [1.807, 2.05) is 0 Å². The third kappa shape index (κ3) is 4.59. The van der Waals surface area contributed by atoms with Gasteiger partial charge in [0.25, 0.3) is 0 Å². The van der Waals surface area contributed by atoms with Crippen LogP contribution in [0.3, 0.4) is 0 Å². The molecule has 2 rings (SSSR count). The molecule has 2 fully saturated rings. The molecule has 1 heterocycles. The third-order valence-electron chi connectivity index (χ3n) is 4.59. The first-order valence-electron chi connectivity index (χ1n) is 7.89. The van der Waals surface area contributed by atoms with Crippen LogP contribution in [0.2, 0.25) is 0 Å². The fourth-order valence-corrected chi connectivity index (χ4v) is 3.30. The first-order chi connectivity index (χ1) is 10.0. The van der Waals surface area contributed by atoms with Gasteiger partial charge in [-0.05, 0) is 25.7 Å². The van der Waals surface area contributed by atoms with Crippen LogP contribution in [0, 0.1) is 0 Å². The number of amides is 2. The van der Waals surface area contributed by atoms with Crippen LogP contribution >= 0.6 is 0 Å². The Kier molecular flexibility index (Phi) is 5.45.